The molecule has 24 heavy (non-hydrogen) atoms. The quantitative estimate of drug-likeness (QED) is 0.563. The molecule has 1 aliphatic heterocycles. The van der Waals surface area contributed by atoms with Gasteiger partial charge in [0.15, 0.2) is 0 Å². The lowest BCUT2D eigenvalue weighted by Crippen LogP contribution is -2.29. The molecule has 1 aliphatic rings. The Balaban J connectivity index is 2.07. The molecule has 0 saturated carbocycles. The SMILES string of the molecule is C=CCN(CC=C)C(=O)/C=C/c1ccc(N2CCCS2(=O)=O)cc1. The standard InChI is InChI=1S/C18H22N2O3S/c1-3-12-19(13-4-2)18(21)11-8-16-6-9-17(10-7-16)20-14-5-15-24(20,22)23/h3-4,6-11H,1-2,5,12-15H2/b11-8+. The zero-order chi connectivity index (χ0) is 17.6. The normalized spacial score (nSPS) is 16.2. The van der Waals surface area contributed by atoms with Crippen molar-refractivity contribution in [1.29, 1.82) is 0 Å². The third kappa shape index (κ3) is 4.35. The first-order valence-corrected chi connectivity index (χ1v) is 9.38. The van der Waals surface area contributed by atoms with Gasteiger partial charge < -0.3 is 4.90 Å². The molecule has 1 heterocycles. The fourth-order valence-corrected chi connectivity index (χ4v) is 4.08. The number of carbonyl (C=O) groups is 1. The van der Waals surface area contributed by atoms with E-state index in [0.717, 1.165) is 5.56 Å². The molecule has 0 unspecified atom stereocenters. The van der Waals surface area contributed by atoms with Crippen LogP contribution in [0.15, 0.2) is 55.7 Å². The van der Waals surface area contributed by atoms with Crippen LogP contribution in [-0.4, -0.2) is 44.6 Å². The van der Waals surface area contributed by atoms with Gasteiger partial charge in [0.05, 0.1) is 11.4 Å². The second kappa shape index (κ2) is 7.97. The summed E-state index contributed by atoms with van der Waals surface area (Å²) in [6.45, 7) is 8.71. The lowest BCUT2D eigenvalue weighted by atomic mass is 10.2. The lowest BCUT2D eigenvalue weighted by Gasteiger charge is -2.17. The van der Waals surface area contributed by atoms with Crippen molar-refractivity contribution in [1.82, 2.24) is 4.90 Å². The third-order valence-electron chi connectivity index (χ3n) is 3.71. The van der Waals surface area contributed by atoms with Crippen LogP contribution in [-0.2, 0) is 14.8 Å². The van der Waals surface area contributed by atoms with E-state index in [1.54, 1.807) is 47.4 Å². The molecular formula is C18H22N2O3S. The first kappa shape index (κ1) is 18.0. The predicted octanol–water partition coefficient (Wildman–Crippen LogP) is 2.44. The minimum absolute atomic E-state index is 0.124. The highest BCUT2D eigenvalue weighted by Gasteiger charge is 2.28. The van der Waals surface area contributed by atoms with E-state index < -0.39 is 10.0 Å². The van der Waals surface area contributed by atoms with Crippen molar-refractivity contribution < 1.29 is 13.2 Å². The summed E-state index contributed by atoms with van der Waals surface area (Å²) in [5, 5.41) is 0. The van der Waals surface area contributed by atoms with Crippen molar-refractivity contribution in [2.45, 2.75) is 6.42 Å². The maximum absolute atomic E-state index is 12.1. The van der Waals surface area contributed by atoms with Crippen molar-refractivity contribution >= 4 is 27.7 Å². The molecular weight excluding hydrogens is 324 g/mol. The van der Waals surface area contributed by atoms with Gasteiger partial charge >= 0.3 is 0 Å². The van der Waals surface area contributed by atoms with Crippen molar-refractivity contribution in [2.75, 3.05) is 29.7 Å². The Hall–Kier alpha value is -2.34. The summed E-state index contributed by atoms with van der Waals surface area (Å²) in [7, 11) is -3.17. The zero-order valence-corrected chi connectivity index (χ0v) is 14.4. The van der Waals surface area contributed by atoms with Gasteiger partial charge in [-0.25, -0.2) is 8.42 Å². The smallest absolute Gasteiger partial charge is 0.247 e. The average molecular weight is 346 g/mol. The second-order valence-electron chi connectivity index (χ2n) is 5.49. The van der Waals surface area contributed by atoms with Crippen LogP contribution in [0.5, 0.6) is 0 Å². The van der Waals surface area contributed by atoms with Gasteiger partial charge in [0.25, 0.3) is 0 Å². The molecule has 1 aromatic carbocycles. The molecule has 1 saturated heterocycles. The van der Waals surface area contributed by atoms with Crippen molar-refractivity contribution in [3.8, 4) is 0 Å². The molecule has 5 nitrogen and oxygen atoms in total. The van der Waals surface area contributed by atoms with Gasteiger partial charge in [-0.1, -0.05) is 24.3 Å². The van der Waals surface area contributed by atoms with Gasteiger partial charge in [0, 0.05) is 25.7 Å². The molecule has 1 aromatic rings. The Morgan fingerprint density at radius 1 is 1.17 bits per heavy atom. The number of rotatable bonds is 7. The Labute approximate surface area is 143 Å². The average Bonchev–Trinajstić information content (AvgIpc) is 2.92. The number of sulfonamides is 1. The summed E-state index contributed by atoms with van der Waals surface area (Å²) in [5.74, 6) is 0.0759. The number of hydrogen-bond acceptors (Lipinski definition) is 3. The topological polar surface area (TPSA) is 57.7 Å². The van der Waals surface area contributed by atoms with Gasteiger partial charge in [-0.3, -0.25) is 9.10 Å². The summed E-state index contributed by atoms with van der Waals surface area (Å²) < 4.78 is 25.2. The molecule has 0 bridgehead atoms. The van der Waals surface area contributed by atoms with E-state index in [1.807, 2.05) is 0 Å². The first-order chi connectivity index (χ1) is 11.5. The van der Waals surface area contributed by atoms with E-state index in [1.165, 1.54) is 10.4 Å². The van der Waals surface area contributed by atoms with Crippen LogP contribution < -0.4 is 4.31 Å². The summed E-state index contributed by atoms with van der Waals surface area (Å²) in [6, 6.07) is 7.13. The molecule has 0 aliphatic carbocycles. The largest absolute Gasteiger partial charge is 0.332 e. The van der Waals surface area contributed by atoms with Crippen LogP contribution in [0.25, 0.3) is 6.08 Å². The van der Waals surface area contributed by atoms with Crippen LogP contribution in [0.4, 0.5) is 5.69 Å². The fraction of sp³-hybridized carbons (Fsp3) is 0.278. The van der Waals surface area contributed by atoms with E-state index in [0.29, 0.717) is 31.7 Å². The van der Waals surface area contributed by atoms with Crippen LogP contribution >= 0.6 is 0 Å². The van der Waals surface area contributed by atoms with Crippen molar-refractivity contribution in [3.05, 3.63) is 61.2 Å². The van der Waals surface area contributed by atoms with E-state index in [2.05, 4.69) is 13.2 Å². The third-order valence-corrected chi connectivity index (χ3v) is 5.58. The van der Waals surface area contributed by atoms with Gasteiger partial charge in [-0.2, -0.15) is 0 Å². The zero-order valence-electron chi connectivity index (χ0n) is 13.6. The molecule has 1 amide bonds. The fourth-order valence-electron chi connectivity index (χ4n) is 2.52. The van der Waals surface area contributed by atoms with Crippen LogP contribution in [0, 0.1) is 0 Å². The monoisotopic (exact) mass is 346 g/mol. The van der Waals surface area contributed by atoms with Gasteiger partial charge in [0.2, 0.25) is 15.9 Å². The molecule has 0 atom stereocenters. The highest BCUT2D eigenvalue weighted by Crippen LogP contribution is 2.24. The first-order valence-electron chi connectivity index (χ1n) is 7.77. The summed E-state index contributed by atoms with van der Waals surface area (Å²) in [6.07, 6.45) is 7.19. The maximum atomic E-state index is 12.1. The Bertz CT molecular complexity index is 726. The summed E-state index contributed by atoms with van der Waals surface area (Å²) in [4.78, 5) is 13.7. The number of anilines is 1. The molecule has 2 rings (SSSR count). The molecule has 0 spiro atoms. The number of carbonyl (C=O) groups excluding carboxylic acids is 1. The number of amides is 1. The highest BCUT2D eigenvalue weighted by atomic mass is 32.2. The number of benzene rings is 1. The van der Waals surface area contributed by atoms with Gasteiger partial charge in [-0.15, -0.1) is 13.2 Å². The highest BCUT2D eigenvalue weighted by molar-refractivity contribution is 7.93. The molecule has 6 heteroatoms. The van der Waals surface area contributed by atoms with Crippen LogP contribution in [0.1, 0.15) is 12.0 Å². The molecule has 0 aromatic heterocycles. The lowest BCUT2D eigenvalue weighted by molar-refractivity contribution is -0.124. The van der Waals surface area contributed by atoms with E-state index in [9.17, 15) is 13.2 Å². The second-order valence-corrected chi connectivity index (χ2v) is 7.50. The van der Waals surface area contributed by atoms with Gasteiger partial charge in [0.1, 0.15) is 0 Å². The number of nitrogens with zero attached hydrogens (tertiary/aromatic N) is 2. The predicted molar refractivity (Wildman–Crippen MR) is 98.2 cm³/mol. The molecule has 0 radical (unpaired) electrons. The molecule has 128 valence electrons. The van der Waals surface area contributed by atoms with Gasteiger partial charge in [-0.05, 0) is 30.2 Å². The molecule has 1 fully saturated rings. The minimum atomic E-state index is -3.17. The van der Waals surface area contributed by atoms with E-state index in [4.69, 9.17) is 0 Å². The van der Waals surface area contributed by atoms with Crippen LogP contribution in [0.3, 0.4) is 0 Å². The maximum Gasteiger partial charge on any atom is 0.247 e. The Morgan fingerprint density at radius 2 is 1.79 bits per heavy atom. The Kier molecular flexibility index (Phi) is 5.98. The van der Waals surface area contributed by atoms with E-state index in [-0.39, 0.29) is 11.7 Å². The van der Waals surface area contributed by atoms with Crippen molar-refractivity contribution in [3.63, 3.8) is 0 Å². The number of hydrogen-bond donors (Lipinski definition) is 0. The van der Waals surface area contributed by atoms with Crippen molar-refractivity contribution in [2.24, 2.45) is 0 Å². The summed E-state index contributed by atoms with van der Waals surface area (Å²) >= 11 is 0. The minimum Gasteiger partial charge on any atom is -0.332 e. The molecule has 0 N–H and O–H groups in total. The Morgan fingerprint density at radius 3 is 2.29 bits per heavy atom. The van der Waals surface area contributed by atoms with Crippen LogP contribution in [0.2, 0.25) is 0 Å². The van der Waals surface area contributed by atoms with E-state index >= 15 is 0 Å². The summed E-state index contributed by atoms with van der Waals surface area (Å²) in [5.41, 5.74) is 1.50.